The van der Waals surface area contributed by atoms with Gasteiger partial charge in [0.1, 0.15) is 48.8 Å². The highest BCUT2D eigenvalue weighted by atomic mass is 16.7. The molecule has 2 heterocycles. The normalized spacial score (nSPS) is 27.8. The van der Waals surface area contributed by atoms with Crippen LogP contribution in [0, 0.1) is 0 Å². The Bertz CT molecular complexity index is 1100. The summed E-state index contributed by atoms with van der Waals surface area (Å²) in [4.78, 5) is 13.1. The molecule has 2 aliphatic heterocycles. The van der Waals surface area contributed by atoms with E-state index in [1.807, 2.05) is 6.08 Å². The lowest BCUT2D eigenvalue weighted by atomic mass is 9.97. The molecule has 0 radical (unpaired) electrons. The van der Waals surface area contributed by atoms with Crippen molar-refractivity contribution < 1.29 is 64.6 Å². The van der Waals surface area contributed by atoms with E-state index in [0.717, 1.165) is 38.5 Å². The molecule has 0 bridgehead atoms. The molecule has 4 unspecified atom stereocenters. The summed E-state index contributed by atoms with van der Waals surface area (Å²) >= 11 is 0. The van der Waals surface area contributed by atoms with Gasteiger partial charge in [0.05, 0.1) is 32.0 Å². The molecule has 12 atom stereocenters. The quantitative estimate of drug-likeness (QED) is 0.0257. The van der Waals surface area contributed by atoms with Crippen LogP contribution in [0.3, 0.4) is 0 Å². The minimum atomic E-state index is -1.78. The highest BCUT2D eigenvalue weighted by Gasteiger charge is 2.51. The molecule has 2 saturated heterocycles. The van der Waals surface area contributed by atoms with Crippen LogP contribution in [0.5, 0.6) is 0 Å². The lowest BCUT2D eigenvalue weighted by molar-refractivity contribution is -0.359. The van der Waals surface area contributed by atoms with Crippen LogP contribution in [0.2, 0.25) is 0 Å². The zero-order valence-electron chi connectivity index (χ0n) is 38.6. The zero-order valence-corrected chi connectivity index (χ0v) is 38.6. The Morgan fingerprint density at radius 3 is 1.48 bits per heavy atom. The Hall–Kier alpha value is -1.27. The van der Waals surface area contributed by atoms with E-state index >= 15 is 0 Å². The molecule has 9 N–H and O–H groups in total. The Morgan fingerprint density at radius 1 is 0.565 bits per heavy atom. The van der Waals surface area contributed by atoms with E-state index in [2.05, 4.69) is 19.2 Å². The third-order valence-electron chi connectivity index (χ3n) is 12.5. The van der Waals surface area contributed by atoms with Crippen molar-refractivity contribution in [2.45, 2.75) is 267 Å². The van der Waals surface area contributed by atoms with E-state index < -0.39 is 86.8 Å². The summed E-state index contributed by atoms with van der Waals surface area (Å²) in [5.74, 6) is -0.239. The van der Waals surface area contributed by atoms with Gasteiger partial charge in [-0.2, -0.15) is 0 Å². The number of amides is 1. The van der Waals surface area contributed by atoms with E-state index in [1.54, 1.807) is 6.08 Å². The molecule has 0 aromatic rings. The van der Waals surface area contributed by atoms with Gasteiger partial charge in [-0.15, -0.1) is 0 Å². The number of allylic oxidation sites excluding steroid dienone is 1. The molecular weight excluding hydrogens is 799 g/mol. The van der Waals surface area contributed by atoms with Gasteiger partial charge in [-0.1, -0.05) is 180 Å². The van der Waals surface area contributed by atoms with Crippen LogP contribution in [-0.2, 0) is 23.7 Å². The number of unbranched alkanes of at least 4 members (excludes halogenated alkanes) is 25. The molecule has 1 amide bonds. The molecule has 14 nitrogen and oxygen atoms in total. The smallest absolute Gasteiger partial charge is 0.220 e. The second-order valence-electron chi connectivity index (χ2n) is 18.0. The highest BCUT2D eigenvalue weighted by molar-refractivity contribution is 5.76. The first kappa shape index (κ1) is 56.9. The molecule has 62 heavy (non-hydrogen) atoms. The predicted molar refractivity (Wildman–Crippen MR) is 240 cm³/mol. The average molecular weight is 890 g/mol. The topological polar surface area (TPSA) is 228 Å². The van der Waals surface area contributed by atoms with Crippen molar-refractivity contribution in [2.75, 3.05) is 19.8 Å². The predicted octanol–water partition coefficient (Wildman–Crippen LogP) is 5.99. The van der Waals surface area contributed by atoms with E-state index in [9.17, 15) is 45.6 Å². The molecule has 2 rings (SSSR count). The van der Waals surface area contributed by atoms with Gasteiger partial charge in [0.15, 0.2) is 12.6 Å². The maximum atomic E-state index is 13.1. The number of carbonyl (C=O) groups is 1. The van der Waals surface area contributed by atoms with Crippen LogP contribution in [0.25, 0.3) is 0 Å². The van der Waals surface area contributed by atoms with Crippen LogP contribution in [0.1, 0.15) is 194 Å². The second kappa shape index (κ2) is 35.9. The minimum Gasteiger partial charge on any atom is -0.394 e. The summed E-state index contributed by atoms with van der Waals surface area (Å²) in [5.41, 5.74) is 0. The first-order chi connectivity index (χ1) is 30.1. The van der Waals surface area contributed by atoms with Crippen molar-refractivity contribution in [1.29, 1.82) is 0 Å². The Kier molecular flexibility index (Phi) is 32.9. The lowest BCUT2D eigenvalue weighted by Gasteiger charge is -2.46. The summed E-state index contributed by atoms with van der Waals surface area (Å²) < 4.78 is 22.7. The summed E-state index contributed by atoms with van der Waals surface area (Å²) in [5, 5.41) is 86.6. The molecule has 14 heteroatoms. The number of aliphatic hydroxyl groups is 8. The largest absolute Gasteiger partial charge is 0.394 e. The van der Waals surface area contributed by atoms with Gasteiger partial charge >= 0.3 is 0 Å². The molecule has 0 spiro atoms. The first-order valence-corrected chi connectivity index (χ1v) is 24.9. The van der Waals surface area contributed by atoms with Crippen LogP contribution in [0.4, 0.5) is 0 Å². The molecule has 0 aromatic carbocycles. The monoisotopic (exact) mass is 890 g/mol. The van der Waals surface area contributed by atoms with Crippen LogP contribution < -0.4 is 5.32 Å². The number of rotatable bonds is 38. The number of hydrogen-bond donors (Lipinski definition) is 9. The fourth-order valence-corrected chi connectivity index (χ4v) is 8.35. The number of aliphatic hydroxyl groups excluding tert-OH is 8. The first-order valence-electron chi connectivity index (χ1n) is 24.9. The van der Waals surface area contributed by atoms with Gasteiger partial charge in [-0.25, -0.2) is 0 Å². The number of nitrogens with one attached hydrogen (secondary N) is 1. The van der Waals surface area contributed by atoms with Crippen molar-refractivity contribution >= 4 is 5.91 Å². The summed E-state index contributed by atoms with van der Waals surface area (Å²) in [6, 6.07) is -0.907. The Morgan fingerprint density at radius 2 is 1.00 bits per heavy atom. The van der Waals surface area contributed by atoms with Gasteiger partial charge in [0.2, 0.25) is 5.91 Å². The van der Waals surface area contributed by atoms with E-state index in [-0.39, 0.29) is 18.9 Å². The van der Waals surface area contributed by atoms with Gasteiger partial charge in [0.25, 0.3) is 0 Å². The van der Waals surface area contributed by atoms with Crippen molar-refractivity contribution in [3.63, 3.8) is 0 Å². The SMILES string of the molecule is CCCCCCCCCCCCCCC/C=C/[C@@H](O)[C@H](CO[C@@H]1O[C@H](CO)[C@@H](O[C@@H]2O[C@H](CO)[C@H](O)C(O)C2O)C(O)C1O)NC(=O)CCCCCCCCCCCCCCC. The fourth-order valence-electron chi connectivity index (χ4n) is 8.35. The van der Waals surface area contributed by atoms with Crippen LogP contribution in [0.15, 0.2) is 12.2 Å². The van der Waals surface area contributed by atoms with Crippen molar-refractivity contribution in [1.82, 2.24) is 5.32 Å². The van der Waals surface area contributed by atoms with E-state index in [1.165, 1.54) is 128 Å². The minimum absolute atomic E-state index is 0.239. The maximum Gasteiger partial charge on any atom is 0.220 e. The van der Waals surface area contributed by atoms with Gasteiger partial charge in [0, 0.05) is 6.42 Å². The van der Waals surface area contributed by atoms with Crippen molar-refractivity contribution in [3.8, 4) is 0 Å². The van der Waals surface area contributed by atoms with Gasteiger partial charge in [-0.05, 0) is 19.3 Å². The molecule has 2 fully saturated rings. The summed E-state index contributed by atoms with van der Waals surface area (Å²) in [6.07, 6.45) is 19.6. The van der Waals surface area contributed by atoms with E-state index in [0.29, 0.717) is 6.42 Å². The Labute approximate surface area is 374 Å². The molecule has 0 saturated carbocycles. The third-order valence-corrected chi connectivity index (χ3v) is 12.5. The second-order valence-corrected chi connectivity index (χ2v) is 18.0. The number of ether oxygens (including phenoxy) is 4. The summed E-state index contributed by atoms with van der Waals surface area (Å²) in [7, 11) is 0. The van der Waals surface area contributed by atoms with Gasteiger partial charge in [-0.3, -0.25) is 4.79 Å². The Balaban J connectivity index is 1.87. The lowest BCUT2D eigenvalue weighted by Crippen LogP contribution is -2.65. The molecule has 366 valence electrons. The molecular formula is C48H91NO13. The maximum absolute atomic E-state index is 13.1. The van der Waals surface area contributed by atoms with Crippen molar-refractivity contribution in [3.05, 3.63) is 12.2 Å². The molecule has 0 aromatic heterocycles. The average Bonchev–Trinajstić information content (AvgIpc) is 3.27. The van der Waals surface area contributed by atoms with Crippen LogP contribution in [-0.4, -0.2) is 140 Å². The van der Waals surface area contributed by atoms with E-state index in [4.69, 9.17) is 18.9 Å². The molecule has 2 aliphatic rings. The number of carbonyl (C=O) groups excluding carboxylic acids is 1. The zero-order chi connectivity index (χ0) is 45.4. The van der Waals surface area contributed by atoms with Gasteiger partial charge < -0.3 is 65.1 Å². The highest BCUT2D eigenvalue weighted by Crippen LogP contribution is 2.30. The van der Waals surface area contributed by atoms with Crippen molar-refractivity contribution in [2.24, 2.45) is 0 Å². The third kappa shape index (κ3) is 23.3. The fraction of sp³-hybridized carbons (Fsp3) is 0.938. The summed E-state index contributed by atoms with van der Waals surface area (Å²) in [6.45, 7) is 2.78. The van der Waals surface area contributed by atoms with Crippen LogP contribution >= 0.6 is 0 Å². The number of hydrogen-bond acceptors (Lipinski definition) is 13. The standard InChI is InChI=1S/C48H91NO13/c1-3-5-7-9-11-13-15-17-18-20-21-23-25-27-29-31-37(52)36(49-40(53)32-30-28-26-24-22-19-16-14-12-10-8-6-4-2)35-59-47-45(58)43(56)46(39(34-51)61-47)62-48-44(57)42(55)41(54)38(33-50)60-48/h29,31,36-39,41-48,50-52,54-58H,3-28,30,32-35H2,1-2H3,(H,49,53)/b31-29+/t36-,37+,38+,39+,41-,42?,43?,44?,45?,46+,47+,48-/m0/s1. The molecule has 0 aliphatic carbocycles.